The van der Waals surface area contributed by atoms with Gasteiger partial charge in [0.1, 0.15) is 0 Å². The maximum Gasteiger partial charge on any atom is 0.303 e. The molecule has 0 bridgehead atoms. The van der Waals surface area contributed by atoms with E-state index in [4.69, 9.17) is 5.11 Å². The highest BCUT2D eigenvalue weighted by molar-refractivity contribution is 5.79. The average molecular weight is 465 g/mol. The summed E-state index contributed by atoms with van der Waals surface area (Å²) in [7, 11) is 2.02. The molecule has 0 radical (unpaired) electrons. The summed E-state index contributed by atoms with van der Waals surface area (Å²) in [6.07, 6.45) is 7.80. The fourth-order valence-corrected chi connectivity index (χ4v) is 4.50. The smallest absolute Gasteiger partial charge is 0.303 e. The molecule has 2 aromatic rings. The van der Waals surface area contributed by atoms with E-state index in [0.29, 0.717) is 19.4 Å². The Morgan fingerprint density at radius 3 is 2.68 bits per heavy atom. The predicted octanol–water partition coefficient (Wildman–Crippen LogP) is 5.38. The Morgan fingerprint density at radius 2 is 1.91 bits per heavy atom. The molecule has 34 heavy (non-hydrogen) atoms. The number of likely N-dealkylation sites (tertiary alicyclic amines) is 1. The zero-order valence-corrected chi connectivity index (χ0v) is 20.2. The first kappa shape index (κ1) is 25.5. The number of carboxylic acids is 1. The van der Waals surface area contributed by atoms with E-state index >= 15 is 0 Å². The van der Waals surface area contributed by atoms with Crippen molar-refractivity contribution < 1.29 is 19.8 Å². The lowest BCUT2D eigenvalue weighted by Gasteiger charge is -2.23. The Hall–Kier alpha value is -3.12. The van der Waals surface area contributed by atoms with Crippen LogP contribution < -0.4 is 4.90 Å². The van der Waals surface area contributed by atoms with Gasteiger partial charge in [-0.05, 0) is 55.5 Å². The van der Waals surface area contributed by atoms with Gasteiger partial charge in [-0.25, -0.2) is 0 Å². The number of hydrogen-bond donors (Lipinski definition) is 2. The van der Waals surface area contributed by atoms with Gasteiger partial charge in [-0.15, -0.1) is 0 Å². The second-order valence-corrected chi connectivity index (χ2v) is 9.02. The number of unbranched alkanes of at least 4 members (excludes halogenated alkanes) is 3. The fraction of sp³-hybridized carbons (Fsp3) is 0.429. The van der Waals surface area contributed by atoms with Crippen molar-refractivity contribution in [1.82, 2.24) is 4.90 Å². The third-order valence-corrected chi connectivity index (χ3v) is 6.51. The number of anilines is 2. The van der Waals surface area contributed by atoms with E-state index in [1.165, 1.54) is 5.56 Å². The van der Waals surface area contributed by atoms with Crippen LogP contribution in [-0.4, -0.2) is 46.6 Å². The second kappa shape index (κ2) is 12.4. The molecule has 2 aromatic carbocycles. The number of hydrogen-bond acceptors (Lipinski definition) is 4. The number of aryl methyl sites for hydroxylation is 1. The molecule has 1 heterocycles. The Balaban J connectivity index is 1.58. The summed E-state index contributed by atoms with van der Waals surface area (Å²) in [6.45, 7) is 2.76. The molecule has 1 fully saturated rings. The van der Waals surface area contributed by atoms with E-state index in [-0.39, 0.29) is 18.4 Å². The minimum atomic E-state index is -0.758. The van der Waals surface area contributed by atoms with Crippen molar-refractivity contribution in [3.8, 4) is 0 Å². The van der Waals surface area contributed by atoms with Gasteiger partial charge in [0, 0.05) is 37.8 Å². The lowest BCUT2D eigenvalue weighted by Crippen LogP contribution is -2.32. The van der Waals surface area contributed by atoms with Crippen LogP contribution in [0.2, 0.25) is 0 Å². The highest BCUT2D eigenvalue weighted by Gasteiger charge is 2.28. The zero-order valence-electron chi connectivity index (χ0n) is 20.2. The summed E-state index contributed by atoms with van der Waals surface area (Å²) in [5.74, 6) is -0.609. The van der Waals surface area contributed by atoms with Crippen LogP contribution in [0.1, 0.15) is 62.2 Å². The average Bonchev–Trinajstić information content (AvgIpc) is 3.18. The van der Waals surface area contributed by atoms with E-state index in [1.807, 2.05) is 54.4 Å². The molecule has 0 aliphatic carbocycles. The number of carbonyl (C=O) groups excluding carboxylic acids is 1. The van der Waals surface area contributed by atoms with E-state index in [1.54, 1.807) is 6.08 Å². The Kier molecular flexibility index (Phi) is 9.28. The van der Waals surface area contributed by atoms with Gasteiger partial charge in [-0.2, -0.15) is 0 Å². The van der Waals surface area contributed by atoms with Crippen LogP contribution >= 0.6 is 0 Å². The number of benzene rings is 2. The first-order valence-electron chi connectivity index (χ1n) is 12.1. The van der Waals surface area contributed by atoms with Crippen LogP contribution in [0.25, 0.3) is 0 Å². The number of nitrogens with zero attached hydrogens (tertiary/aromatic N) is 2. The maximum absolute atomic E-state index is 12.3. The number of aliphatic hydroxyl groups is 1. The molecule has 2 atom stereocenters. The quantitative estimate of drug-likeness (QED) is 0.326. The highest BCUT2D eigenvalue weighted by Crippen LogP contribution is 2.29. The van der Waals surface area contributed by atoms with Crippen molar-refractivity contribution in [2.45, 2.75) is 64.0 Å². The number of carboxylic acid groups (broad SMARTS) is 1. The van der Waals surface area contributed by atoms with E-state index in [9.17, 15) is 14.7 Å². The molecule has 3 rings (SSSR count). The van der Waals surface area contributed by atoms with Crippen LogP contribution in [-0.2, 0) is 9.59 Å². The molecule has 2 N–H and O–H groups in total. The fourth-order valence-electron chi connectivity index (χ4n) is 4.50. The summed E-state index contributed by atoms with van der Waals surface area (Å²) in [4.78, 5) is 26.9. The van der Waals surface area contributed by atoms with Crippen LogP contribution in [0.5, 0.6) is 0 Å². The molecule has 0 saturated carbocycles. The van der Waals surface area contributed by atoms with Crippen molar-refractivity contribution in [3.63, 3.8) is 0 Å². The Labute approximate surface area is 202 Å². The van der Waals surface area contributed by atoms with Gasteiger partial charge in [0.25, 0.3) is 0 Å². The SMILES string of the molecule is Cc1ccccc1N(C)c1cccc([C@H](O)/C=C/C2CCC(=O)N2CCCCCCC(=O)O)c1. The number of carbonyl (C=O) groups is 2. The summed E-state index contributed by atoms with van der Waals surface area (Å²) in [6, 6.07) is 16.1. The largest absolute Gasteiger partial charge is 0.481 e. The van der Waals surface area contributed by atoms with E-state index in [2.05, 4.69) is 24.0 Å². The monoisotopic (exact) mass is 464 g/mol. The summed E-state index contributed by atoms with van der Waals surface area (Å²) < 4.78 is 0. The minimum absolute atomic E-state index is 0.000931. The number of aliphatic carboxylic acids is 1. The molecule has 6 heteroatoms. The molecule has 6 nitrogen and oxygen atoms in total. The van der Waals surface area contributed by atoms with Crippen molar-refractivity contribution in [3.05, 3.63) is 71.8 Å². The first-order valence-corrected chi connectivity index (χ1v) is 12.1. The predicted molar refractivity (Wildman–Crippen MR) is 135 cm³/mol. The lowest BCUT2D eigenvalue weighted by atomic mass is 10.1. The topological polar surface area (TPSA) is 81.1 Å². The van der Waals surface area contributed by atoms with Gasteiger partial charge in [0.2, 0.25) is 5.91 Å². The number of para-hydroxylation sites is 1. The Morgan fingerprint density at radius 1 is 1.15 bits per heavy atom. The van der Waals surface area contributed by atoms with Gasteiger partial charge < -0.3 is 20.0 Å². The van der Waals surface area contributed by atoms with Gasteiger partial charge >= 0.3 is 5.97 Å². The van der Waals surface area contributed by atoms with Gasteiger partial charge in [-0.3, -0.25) is 9.59 Å². The highest BCUT2D eigenvalue weighted by atomic mass is 16.4. The van der Waals surface area contributed by atoms with Crippen molar-refractivity contribution in [2.75, 3.05) is 18.5 Å². The summed E-state index contributed by atoms with van der Waals surface area (Å²) in [5.41, 5.74) is 4.11. The number of amides is 1. The molecule has 1 saturated heterocycles. The minimum Gasteiger partial charge on any atom is -0.481 e. The van der Waals surface area contributed by atoms with Gasteiger partial charge in [0.15, 0.2) is 0 Å². The lowest BCUT2D eigenvalue weighted by molar-refractivity contribution is -0.137. The van der Waals surface area contributed by atoms with Crippen molar-refractivity contribution >= 4 is 23.3 Å². The van der Waals surface area contributed by atoms with E-state index in [0.717, 1.165) is 42.6 Å². The molecule has 0 aromatic heterocycles. The van der Waals surface area contributed by atoms with Crippen LogP contribution in [0.3, 0.4) is 0 Å². The molecule has 182 valence electrons. The zero-order chi connectivity index (χ0) is 24.5. The van der Waals surface area contributed by atoms with Gasteiger partial charge in [0.05, 0.1) is 12.1 Å². The summed E-state index contributed by atoms with van der Waals surface area (Å²) in [5, 5.41) is 19.5. The van der Waals surface area contributed by atoms with Crippen LogP contribution in [0.15, 0.2) is 60.7 Å². The van der Waals surface area contributed by atoms with Crippen molar-refractivity contribution in [2.24, 2.45) is 0 Å². The van der Waals surface area contributed by atoms with Crippen LogP contribution in [0, 0.1) is 6.92 Å². The molecule has 1 unspecified atom stereocenters. The molecule has 1 amide bonds. The summed E-state index contributed by atoms with van der Waals surface area (Å²) >= 11 is 0. The van der Waals surface area contributed by atoms with Gasteiger partial charge in [-0.1, -0.05) is 55.3 Å². The van der Waals surface area contributed by atoms with Crippen molar-refractivity contribution in [1.29, 1.82) is 0 Å². The third kappa shape index (κ3) is 6.94. The maximum atomic E-state index is 12.3. The Bertz CT molecular complexity index is 1000. The third-order valence-electron chi connectivity index (χ3n) is 6.51. The standard InChI is InChI=1S/C28H36N2O4/c1-21-10-6-7-13-25(21)29(2)24-12-9-11-22(20-24)26(31)17-15-23-16-18-27(32)30(23)19-8-4-3-5-14-28(33)34/h6-7,9-13,15,17,20,23,26,31H,3-5,8,14,16,18-19H2,1-2H3,(H,33,34)/b17-15+/t23?,26-/m1/s1. The number of rotatable bonds is 12. The molecule has 0 spiro atoms. The molecular formula is C28H36N2O4. The van der Waals surface area contributed by atoms with E-state index < -0.39 is 12.1 Å². The second-order valence-electron chi connectivity index (χ2n) is 9.02. The molecule has 1 aliphatic rings. The van der Waals surface area contributed by atoms with Crippen LogP contribution in [0.4, 0.5) is 11.4 Å². The number of aliphatic hydroxyl groups excluding tert-OH is 1. The normalized spacial score (nSPS) is 16.9. The molecular weight excluding hydrogens is 428 g/mol. The molecule has 1 aliphatic heterocycles. The first-order chi connectivity index (χ1) is 16.4.